The Bertz CT molecular complexity index is 365. The summed E-state index contributed by atoms with van der Waals surface area (Å²) >= 11 is 0. The Morgan fingerprint density at radius 1 is 1.31 bits per heavy atom. The van der Waals surface area contributed by atoms with Crippen LogP contribution in [0.2, 0.25) is 0 Å². The molecule has 1 aromatic carbocycles. The summed E-state index contributed by atoms with van der Waals surface area (Å²) in [7, 11) is 0. The van der Waals surface area contributed by atoms with Gasteiger partial charge in [0.2, 0.25) is 0 Å². The van der Waals surface area contributed by atoms with Crippen LogP contribution < -0.4 is 5.32 Å². The van der Waals surface area contributed by atoms with Gasteiger partial charge in [-0.1, -0.05) is 30.8 Å². The highest BCUT2D eigenvalue weighted by molar-refractivity contribution is 5.29. The van der Waals surface area contributed by atoms with E-state index >= 15 is 0 Å². The highest BCUT2D eigenvalue weighted by Crippen LogP contribution is 2.14. The second-order valence-electron chi connectivity index (χ2n) is 4.41. The maximum Gasteiger partial charge on any atom is 0.0300 e. The third kappa shape index (κ3) is 2.64. The average Bonchev–Trinajstić information content (AvgIpc) is 2.33. The number of hydrogen-bond acceptors (Lipinski definition) is 2. The molecule has 1 aliphatic heterocycles. The Morgan fingerprint density at radius 2 is 2.00 bits per heavy atom. The van der Waals surface area contributed by atoms with E-state index < -0.39 is 0 Å². The minimum atomic E-state index is 0.979. The molecule has 1 N–H and O–H groups in total. The first kappa shape index (κ1) is 11.2. The number of benzene rings is 1. The smallest absolute Gasteiger partial charge is 0.0300 e. The van der Waals surface area contributed by atoms with Crippen LogP contribution in [-0.2, 0) is 6.42 Å². The van der Waals surface area contributed by atoms with Crippen molar-refractivity contribution in [3.8, 4) is 0 Å². The molecule has 0 unspecified atom stereocenters. The maximum atomic E-state index is 4.21. The van der Waals surface area contributed by atoms with E-state index in [0.29, 0.717) is 0 Å². The summed E-state index contributed by atoms with van der Waals surface area (Å²) in [5, 5.41) is 3.36. The number of piperazine rings is 1. The third-order valence-corrected chi connectivity index (χ3v) is 3.22. The summed E-state index contributed by atoms with van der Waals surface area (Å²) in [6.45, 7) is 10.7. The Hall–Kier alpha value is -1.28. The van der Waals surface area contributed by atoms with Crippen molar-refractivity contribution in [1.29, 1.82) is 0 Å². The molecule has 0 saturated carbocycles. The van der Waals surface area contributed by atoms with Crippen molar-refractivity contribution < 1.29 is 0 Å². The Kier molecular flexibility index (Phi) is 3.62. The molecular formula is C14H20N2. The molecule has 0 amide bonds. The van der Waals surface area contributed by atoms with Crippen molar-refractivity contribution >= 4 is 0 Å². The van der Waals surface area contributed by atoms with Gasteiger partial charge in [0.1, 0.15) is 0 Å². The quantitative estimate of drug-likeness (QED) is 0.831. The molecule has 1 aliphatic rings. The van der Waals surface area contributed by atoms with Gasteiger partial charge in [0.05, 0.1) is 0 Å². The molecule has 86 valence electrons. The topological polar surface area (TPSA) is 15.3 Å². The largest absolute Gasteiger partial charge is 0.372 e. The van der Waals surface area contributed by atoms with Crippen molar-refractivity contribution in [1.82, 2.24) is 10.2 Å². The number of aryl methyl sites for hydroxylation is 1. The highest BCUT2D eigenvalue weighted by atomic mass is 15.2. The molecule has 0 atom stereocenters. The fourth-order valence-electron chi connectivity index (χ4n) is 2.12. The molecular weight excluding hydrogens is 196 g/mol. The van der Waals surface area contributed by atoms with Gasteiger partial charge in [-0.2, -0.15) is 0 Å². The second-order valence-corrected chi connectivity index (χ2v) is 4.41. The first-order valence-corrected chi connectivity index (χ1v) is 5.95. The molecule has 1 saturated heterocycles. The molecule has 0 spiro atoms. The molecule has 2 nitrogen and oxygen atoms in total. The van der Waals surface area contributed by atoms with E-state index in [0.717, 1.165) is 32.6 Å². The van der Waals surface area contributed by atoms with Gasteiger partial charge in [-0.25, -0.2) is 0 Å². The minimum Gasteiger partial charge on any atom is -0.372 e. The summed E-state index contributed by atoms with van der Waals surface area (Å²) in [6, 6.07) is 8.56. The molecule has 0 bridgehead atoms. The normalized spacial score (nSPS) is 16.2. The van der Waals surface area contributed by atoms with Gasteiger partial charge in [-0.15, -0.1) is 0 Å². The van der Waals surface area contributed by atoms with Crippen molar-refractivity contribution in [3.05, 3.63) is 47.7 Å². The number of nitrogens with one attached hydrogen (secondary N) is 1. The Labute approximate surface area is 98.0 Å². The molecule has 1 fully saturated rings. The van der Waals surface area contributed by atoms with Crippen LogP contribution in [0.3, 0.4) is 0 Å². The van der Waals surface area contributed by atoms with Gasteiger partial charge < -0.3 is 10.2 Å². The van der Waals surface area contributed by atoms with E-state index in [1.165, 1.54) is 16.8 Å². The summed E-state index contributed by atoms with van der Waals surface area (Å²) in [5.74, 6) is 0. The maximum absolute atomic E-state index is 4.21. The zero-order valence-electron chi connectivity index (χ0n) is 10.00. The molecule has 0 aliphatic carbocycles. The summed E-state index contributed by atoms with van der Waals surface area (Å²) < 4.78 is 0. The lowest BCUT2D eigenvalue weighted by Crippen LogP contribution is -2.43. The van der Waals surface area contributed by atoms with Gasteiger partial charge >= 0.3 is 0 Å². The first-order chi connectivity index (χ1) is 7.77. The van der Waals surface area contributed by atoms with Crippen LogP contribution in [-0.4, -0.2) is 31.1 Å². The number of allylic oxidation sites excluding steroid dienone is 1. The Morgan fingerprint density at radius 3 is 2.69 bits per heavy atom. The van der Waals surface area contributed by atoms with Crippen molar-refractivity contribution in [2.24, 2.45) is 0 Å². The fraction of sp³-hybridized carbons (Fsp3) is 0.429. The second kappa shape index (κ2) is 5.17. The van der Waals surface area contributed by atoms with Crippen LogP contribution in [0.4, 0.5) is 0 Å². The van der Waals surface area contributed by atoms with Gasteiger partial charge in [0.25, 0.3) is 0 Å². The van der Waals surface area contributed by atoms with Gasteiger partial charge in [-0.3, -0.25) is 0 Å². The van der Waals surface area contributed by atoms with Crippen LogP contribution >= 0.6 is 0 Å². The number of nitrogens with zero attached hydrogens (tertiary/aromatic N) is 1. The van der Waals surface area contributed by atoms with E-state index in [-0.39, 0.29) is 0 Å². The van der Waals surface area contributed by atoms with Gasteiger partial charge in [-0.05, 0) is 18.1 Å². The van der Waals surface area contributed by atoms with Crippen LogP contribution in [0.25, 0.3) is 0 Å². The minimum absolute atomic E-state index is 0.979. The van der Waals surface area contributed by atoms with Crippen LogP contribution in [0.1, 0.15) is 11.1 Å². The van der Waals surface area contributed by atoms with E-state index in [1.54, 1.807) is 0 Å². The van der Waals surface area contributed by atoms with Crippen LogP contribution in [0.15, 0.2) is 36.5 Å². The lowest BCUT2D eigenvalue weighted by molar-refractivity contribution is 0.295. The van der Waals surface area contributed by atoms with E-state index in [4.69, 9.17) is 0 Å². The molecule has 1 heterocycles. The summed E-state index contributed by atoms with van der Waals surface area (Å²) in [4.78, 5) is 2.39. The van der Waals surface area contributed by atoms with E-state index in [1.807, 2.05) is 0 Å². The lowest BCUT2D eigenvalue weighted by atomic mass is 10.0. The average molecular weight is 216 g/mol. The highest BCUT2D eigenvalue weighted by Gasteiger charge is 2.11. The standard InChI is InChI=1S/C14H20N2/c1-12-5-3-4-6-14(12)11-13(2)16-9-7-15-8-10-16/h3-6,15H,2,7-11H2,1H3. The summed E-state index contributed by atoms with van der Waals surface area (Å²) in [6.07, 6.45) is 0.979. The molecule has 16 heavy (non-hydrogen) atoms. The Balaban J connectivity index is 1.99. The van der Waals surface area contributed by atoms with Crippen LogP contribution in [0.5, 0.6) is 0 Å². The summed E-state index contributed by atoms with van der Waals surface area (Å²) in [5.41, 5.74) is 4.00. The van der Waals surface area contributed by atoms with Gasteiger partial charge in [0, 0.05) is 38.3 Å². The number of hydrogen-bond donors (Lipinski definition) is 1. The lowest BCUT2D eigenvalue weighted by Gasteiger charge is -2.31. The molecule has 2 heteroatoms. The number of rotatable bonds is 3. The molecule has 0 radical (unpaired) electrons. The van der Waals surface area contributed by atoms with E-state index in [9.17, 15) is 0 Å². The molecule has 1 aromatic rings. The van der Waals surface area contributed by atoms with Crippen LogP contribution in [0, 0.1) is 6.92 Å². The SMILES string of the molecule is C=C(Cc1ccccc1C)N1CCNCC1. The predicted octanol–water partition coefficient (Wildman–Crippen LogP) is 1.96. The zero-order chi connectivity index (χ0) is 11.4. The fourth-order valence-corrected chi connectivity index (χ4v) is 2.12. The predicted molar refractivity (Wildman–Crippen MR) is 68.5 cm³/mol. The molecule has 2 rings (SSSR count). The van der Waals surface area contributed by atoms with Crippen molar-refractivity contribution in [2.45, 2.75) is 13.3 Å². The van der Waals surface area contributed by atoms with Crippen molar-refractivity contribution in [3.63, 3.8) is 0 Å². The first-order valence-electron chi connectivity index (χ1n) is 5.95. The third-order valence-electron chi connectivity index (χ3n) is 3.22. The van der Waals surface area contributed by atoms with Crippen molar-refractivity contribution in [2.75, 3.05) is 26.2 Å². The van der Waals surface area contributed by atoms with E-state index in [2.05, 4.69) is 48.0 Å². The monoisotopic (exact) mass is 216 g/mol. The molecule has 0 aromatic heterocycles. The zero-order valence-corrected chi connectivity index (χ0v) is 10.00. The van der Waals surface area contributed by atoms with Gasteiger partial charge in [0.15, 0.2) is 0 Å².